The second-order valence-electron chi connectivity index (χ2n) is 17.4. The van der Waals surface area contributed by atoms with Crippen LogP contribution in [0.25, 0.3) is 0 Å². The van der Waals surface area contributed by atoms with Gasteiger partial charge in [0.05, 0.1) is 0 Å². The van der Waals surface area contributed by atoms with Gasteiger partial charge in [-0.25, -0.2) is 0 Å². The lowest BCUT2D eigenvalue weighted by Gasteiger charge is -2.33. The topological polar surface area (TPSA) is 170 Å². The number of likely N-dealkylation sites (N-methyl/N-ethyl adjacent to an activating group) is 1. The van der Waals surface area contributed by atoms with Gasteiger partial charge < -0.3 is 52.7 Å². The third-order valence-corrected chi connectivity index (χ3v) is 12.3. The largest absolute Gasteiger partial charge is 0.508 e. The highest BCUT2D eigenvalue weighted by Crippen LogP contribution is 2.20. The Balaban J connectivity index is 1.13. The van der Waals surface area contributed by atoms with E-state index >= 15 is 0 Å². The van der Waals surface area contributed by atoms with Crippen molar-refractivity contribution in [2.75, 3.05) is 52.4 Å². The van der Waals surface area contributed by atoms with Gasteiger partial charge in [0.25, 0.3) is 0 Å². The number of hydrogen-bond acceptors (Lipinski definition) is 11. The summed E-state index contributed by atoms with van der Waals surface area (Å²) < 4.78 is 0. The maximum atomic E-state index is 10.1. The van der Waals surface area contributed by atoms with E-state index < -0.39 is 0 Å². The van der Waals surface area contributed by atoms with E-state index in [0.717, 1.165) is 96.3 Å². The normalized spacial score (nSPS) is 16.7. The number of benzene rings is 5. The van der Waals surface area contributed by atoms with Gasteiger partial charge in [-0.3, -0.25) is 4.90 Å². The van der Waals surface area contributed by atoms with Crippen LogP contribution in [0.1, 0.15) is 47.6 Å². The summed E-state index contributed by atoms with van der Waals surface area (Å²) in [4.78, 5) is 2.65. The molecule has 5 aromatic rings. The Morgan fingerprint density at radius 1 is 0.492 bits per heavy atom. The Hall–Kier alpha value is -4.98. The number of rotatable bonds is 27. The van der Waals surface area contributed by atoms with Crippen LogP contribution in [0.2, 0.25) is 0 Å². The molecule has 0 bridgehead atoms. The number of nitrogens with one attached hydrogen (secondary N) is 5. The van der Waals surface area contributed by atoms with Crippen molar-refractivity contribution in [3.63, 3.8) is 0 Å². The van der Waals surface area contributed by atoms with Crippen LogP contribution in [0.3, 0.4) is 0 Å². The van der Waals surface area contributed by atoms with Crippen molar-refractivity contribution in [1.29, 1.82) is 0 Å². The molecule has 63 heavy (non-hydrogen) atoms. The van der Waals surface area contributed by atoms with Gasteiger partial charge in [0.2, 0.25) is 0 Å². The summed E-state index contributed by atoms with van der Waals surface area (Å²) in [6, 6.07) is 41.8. The van der Waals surface area contributed by atoms with Crippen LogP contribution in [0.5, 0.6) is 23.0 Å². The molecule has 11 heteroatoms. The number of likely N-dealkylation sites (tertiary alicyclic amines) is 1. The number of nitrogens with zero attached hydrogens (tertiary/aromatic N) is 1. The molecule has 5 aromatic carbocycles. The number of aromatic hydroxyl groups is 4. The van der Waals surface area contributed by atoms with E-state index in [1.54, 1.807) is 48.5 Å². The zero-order valence-corrected chi connectivity index (χ0v) is 37.0. The van der Waals surface area contributed by atoms with E-state index in [9.17, 15) is 20.4 Å². The summed E-state index contributed by atoms with van der Waals surface area (Å²) in [7, 11) is 0. The van der Waals surface area contributed by atoms with Gasteiger partial charge in [-0.05, 0) is 134 Å². The van der Waals surface area contributed by atoms with Crippen molar-refractivity contribution in [3.05, 3.63) is 155 Å². The number of phenols is 4. The predicted octanol–water partition coefficient (Wildman–Crippen LogP) is 5.26. The molecule has 338 valence electrons. The monoisotopic (exact) mass is 858 g/mol. The summed E-state index contributed by atoms with van der Waals surface area (Å²) in [6.45, 7) is 8.58. The number of hydrogen-bond donors (Lipinski definition) is 10. The molecule has 0 amide bonds. The molecular formula is C52H71N7O4. The van der Waals surface area contributed by atoms with Crippen molar-refractivity contribution in [1.82, 2.24) is 31.5 Å². The number of phenolic OH excluding ortho intramolecular Hbond substituents is 4. The summed E-state index contributed by atoms with van der Waals surface area (Å²) in [6.07, 6.45) is 6.41. The molecule has 0 saturated carbocycles. The summed E-state index contributed by atoms with van der Waals surface area (Å²) >= 11 is 0. The molecule has 0 unspecified atom stereocenters. The quantitative estimate of drug-likeness (QED) is 0.0335. The summed E-state index contributed by atoms with van der Waals surface area (Å²) in [5, 5.41) is 59.3. The summed E-state index contributed by atoms with van der Waals surface area (Å²) in [5.41, 5.74) is 12.2. The van der Waals surface area contributed by atoms with Crippen LogP contribution < -0.4 is 32.3 Å². The van der Waals surface area contributed by atoms with E-state index in [-0.39, 0.29) is 53.2 Å². The van der Waals surface area contributed by atoms with Crippen molar-refractivity contribution in [3.8, 4) is 23.0 Å². The Morgan fingerprint density at radius 2 is 0.873 bits per heavy atom. The Kier molecular flexibility index (Phi) is 19.1. The van der Waals surface area contributed by atoms with E-state index in [1.807, 2.05) is 54.6 Å². The molecule has 1 saturated heterocycles. The fourth-order valence-corrected chi connectivity index (χ4v) is 8.82. The third kappa shape index (κ3) is 16.6. The highest BCUT2D eigenvalue weighted by molar-refractivity contribution is 5.29. The fourth-order valence-electron chi connectivity index (χ4n) is 8.82. The minimum absolute atomic E-state index is 0.112. The molecule has 1 fully saturated rings. The number of nitrogens with two attached hydrogens (primary N) is 1. The van der Waals surface area contributed by atoms with E-state index in [2.05, 4.69) is 62.7 Å². The molecule has 11 N–H and O–H groups in total. The van der Waals surface area contributed by atoms with Crippen molar-refractivity contribution in [2.24, 2.45) is 5.73 Å². The lowest BCUT2D eigenvalue weighted by atomic mass is 10.0. The maximum absolute atomic E-state index is 10.1. The second kappa shape index (κ2) is 25.3. The minimum atomic E-state index is 0.112. The van der Waals surface area contributed by atoms with E-state index in [0.29, 0.717) is 12.6 Å². The molecular weight excluding hydrogens is 787 g/mol. The first kappa shape index (κ1) is 47.5. The van der Waals surface area contributed by atoms with Crippen LogP contribution >= 0.6 is 0 Å². The molecule has 1 heterocycles. The Labute approximate surface area is 375 Å². The SMILES string of the molecule is CCN[C@H](CN[C@H](CN[C@@H](Cc1ccc(O)cc1)CN1CCC[C@H]1CN[C@H](CN[C@H](CN)Cc1ccccc1)Cc1ccc(O)cc1)Cc1ccc(O)cc1)Cc1ccc(O)cc1. The first-order valence-corrected chi connectivity index (χ1v) is 23.0. The second-order valence-corrected chi connectivity index (χ2v) is 17.4. The van der Waals surface area contributed by atoms with Crippen LogP contribution in [0, 0.1) is 0 Å². The van der Waals surface area contributed by atoms with Gasteiger partial charge in [0.15, 0.2) is 0 Å². The zero-order valence-electron chi connectivity index (χ0n) is 37.0. The van der Waals surface area contributed by atoms with Gasteiger partial charge in [0, 0.05) is 75.5 Å². The van der Waals surface area contributed by atoms with Crippen LogP contribution in [0.4, 0.5) is 0 Å². The molecule has 11 nitrogen and oxygen atoms in total. The Morgan fingerprint density at radius 3 is 1.33 bits per heavy atom. The highest BCUT2D eigenvalue weighted by Gasteiger charge is 2.28. The lowest BCUT2D eigenvalue weighted by Crippen LogP contribution is -2.53. The van der Waals surface area contributed by atoms with Crippen molar-refractivity contribution in [2.45, 2.75) is 88.1 Å². The highest BCUT2D eigenvalue weighted by atomic mass is 16.3. The van der Waals surface area contributed by atoms with Gasteiger partial charge in [0.1, 0.15) is 23.0 Å². The first-order chi connectivity index (χ1) is 30.7. The minimum Gasteiger partial charge on any atom is -0.508 e. The zero-order chi connectivity index (χ0) is 44.2. The van der Waals surface area contributed by atoms with Crippen molar-refractivity contribution < 1.29 is 20.4 Å². The smallest absolute Gasteiger partial charge is 0.115 e. The fraction of sp³-hybridized carbons (Fsp3) is 0.423. The standard InChI is InChI=1S/C52H71N7O4/c1-2-54-44(28-39-10-18-49(60)19-11-39)33-56-45(29-40-12-20-50(61)21-13-40)35-57-47(31-42-16-24-52(63)25-17-42)37-59-26-6-9-48(59)36-58-46(30-41-14-22-51(62)23-15-41)34-55-43(32-53)27-38-7-4-3-5-8-38/h3-5,7-8,10-25,43-48,54-58,60-63H,2,6,9,26-37,53H2,1H3/t43-,44-,45-,46-,47-,48-/m0/s1. The maximum Gasteiger partial charge on any atom is 0.115 e. The average Bonchev–Trinajstić information content (AvgIpc) is 3.74. The van der Waals surface area contributed by atoms with Crippen LogP contribution in [-0.2, 0) is 32.1 Å². The molecule has 1 aliphatic rings. The van der Waals surface area contributed by atoms with Gasteiger partial charge in [-0.1, -0.05) is 85.8 Å². The molecule has 6 atom stereocenters. The molecule has 6 rings (SSSR count). The summed E-state index contributed by atoms with van der Waals surface area (Å²) in [5.74, 6) is 1.07. The van der Waals surface area contributed by atoms with Gasteiger partial charge in [-0.2, -0.15) is 0 Å². The predicted molar refractivity (Wildman–Crippen MR) is 256 cm³/mol. The molecule has 0 aliphatic carbocycles. The molecule has 0 aromatic heterocycles. The van der Waals surface area contributed by atoms with Crippen LogP contribution in [0.15, 0.2) is 127 Å². The average molecular weight is 858 g/mol. The van der Waals surface area contributed by atoms with Gasteiger partial charge >= 0.3 is 0 Å². The van der Waals surface area contributed by atoms with Crippen LogP contribution in [-0.4, -0.2) is 114 Å². The molecule has 0 spiro atoms. The van der Waals surface area contributed by atoms with Gasteiger partial charge in [-0.15, -0.1) is 0 Å². The first-order valence-electron chi connectivity index (χ1n) is 23.0. The van der Waals surface area contributed by atoms with Crippen molar-refractivity contribution >= 4 is 0 Å². The third-order valence-electron chi connectivity index (χ3n) is 12.3. The molecule has 1 aliphatic heterocycles. The molecule has 0 radical (unpaired) electrons. The van der Waals surface area contributed by atoms with E-state index in [4.69, 9.17) is 5.73 Å². The lowest BCUT2D eigenvalue weighted by molar-refractivity contribution is 0.211. The van der Waals surface area contributed by atoms with E-state index in [1.165, 1.54) is 22.3 Å². The Bertz CT molecular complexity index is 2000.